The highest BCUT2D eigenvalue weighted by molar-refractivity contribution is 6.36. The van der Waals surface area contributed by atoms with Crippen LogP contribution in [-0.2, 0) is 11.2 Å². The Labute approximate surface area is 114 Å². The van der Waals surface area contributed by atoms with Crippen molar-refractivity contribution in [1.82, 2.24) is 5.16 Å². The Bertz CT molecular complexity index is 561. The Morgan fingerprint density at radius 1 is 1.39 bits per heavy atom. The first kappa shape index (κ1) is 12.9. The van der Waals surface area contributed by atoms with Crippen molar-refractivity contribution < 1.29 is 9.32 Å². The number of benzene rings is 1. The summed E-state index contributed by atoms with van der Waals surface area (Å²) in [7, 11) is 0. The zero-order chi connectivity index (χ0) is 13.1. The summed E-state index contributed by atoms with van der Waals surface area (Å²) in [6, 6.07) is 6.74. The van der Waals surface area contributed by atoms with Gasteiger partial charge in [0, 0.05) is 16.1 Å². The van der Waals surface area contributed by atoms with E-state index in [0.29, 0.717) is 27.2 Å². The van der Waals surface area contributed by atoms with Crippen LogP contribution in [0, 0.1) is 6.92 Å². The molecule has 0 saturated heterocycles. The second kappa shape index (κ2) is 5.42. The molecule has 1 N–H and O–H groups in total. The molecule has 4 nitrogen and oxygen atoms in total. The highest BCUT2D eigenvalue weighted by atomic mass is 35.5. The van der Waals surface area contributed by atoms with Crippen LogP contribution in [0.25, 0.3) is 0 Å². The minimum Gasteiger partial charge on any atom is -0.360 e. The molecule has 2 aromatic rings. The first-order valence-corrected chi connectivity index (χ1v) is 5.98. The molecule has 0 aliphatic rings. The number of aromatic nitrogens is 1. The van der Waals surface area contributed by atoms with Gasteiger partial charge in [0.1, 0.15) is 5.76 Å². The van der Waals surface area contributed by atoms with E-state index in [1.54, 1.807) is 31.2 Å². The number of anilines is 1. The number of aryl methyl sites for hydroxylation is 1. The quantitative estimate of drug-likeness (QED) is 0.939. The number of amides is 1. The fourth-order valence-corrected chi connectivity index (χ4v) is 2.01. The van der Waals surface area contributed by atoms with E-state index in [-0.39, 0.29) is 12.3 Å². The van der Waals surface area contributed by atoms with Crippen LogP contribution < -0.4 is 5.32 Å². The van der Waals surface area contributed by atoms with E-state index in [1.165, 1.54) is 0 Å². The number of carbonyl (C=O) groups is 1. The zero-order valence-electron chi connectivity index (χ0n) is 9.54. The lowest BCUT2D eigenvalue weighted by molar-refractivity contribution is -0.115. The monoisotopic (exact) mass is 284 g/mol. The van der Waals surface area contributed by atoms with E-state index in [9.17, 15) is 4.79 Å². The minimum absolute atomic E-state index is 0.0877. The summed E-state index contributed by atoms with van der Waals surface area (Å²) < 4.78 is 4.85. The fourth-order valence-electron chi connectivity index (χ4n) is 1.47. The maximum Gasteiger partial charge on any atom is 0.230 e. The smallest absolute Gasteiger partial charge is 0.230 e. The van der Waals surface area contributed by atoms with E-state index in [4.69, 9.17) is 27.7 Å². The summed E-state index contributed by atoms with van der Waals surface area (Å²) in [5.41, 5.74) is 0.596. The first-order chi connectivity index (χ1) is 8.56. The number of hydrogen-bond acceptors (Lipinski definition) is 3. The second-order valence-corrected chi connectivity index (χ2v) is 4.56. The Morgan fingerprint density at radius 2 is 2.06 bits per heavy atom. The summed E-state index contributed by atoms with van der Waals surface area (Å²) in [5.74, 6) is 0.750. The molecule has 1 heterocycles. The molecule has 1 amide bonds. The molecule has 0 atom stereocenters. The molecular formula is C12H10Cl2N2O2. The highest BCUT2D eigenvalue weighted by Crippen LogP contribution is 2.24. The third kappa shape index (κ3) is 3.03. The predicted octanol–water partition coefficient (Wildman–Crippen LogP) is 3.47. The van der Waals surface area contributed by atoms with Gasteiger partial charge in [0.15, 0.2) is 5.82 Å². The van der Waals surface area contributed by atoms with Gasteiger partial charge in [-0.1, -0.05) is 34.4 Å². The molecule has 0 saturated carbocycles. The van der Waals surface area contributed by atoms with Crippen molar-refractivity contribution in [2.75, 3.05) is 5.32 Å². The fraction of sp³-hybridized carbons (Fsp3) is 0.167. The largest absolute Gasteiger partial charge is 0.360 e. The van der Waals surface area contributed by atoms with Crippen molar-refractivity contribution in [3.05, 3.63) is 45.6 Å². The number of carbonyl (C=O) groups excluding carboxylic acids is 1. The van der Waals surface area contributed by atoms with Gasteiger partial charge in [-0.3, -0.25) is 4.79 Å². The topological polar surface area (TPSA) is 55.1 Å². The maximum absolute atomic E-state index is 11.8. The summed E-state index contributed by atoms with van der Waals surface area (Å²) in [4.78, 5) is 11.8. The van der Waals surface area contributed by atoms with Gasteiger partial charge in [0.05, 0.1) is 6.42 Å². The Kier molecular flexibility index (Phi) is 3.89. The van der Waals surface area contributed by atoms with Gasteiger partial charge in [-0.05, 0) is 24.6 Å². The minimum atomic E-state index is -0.252. The van der Waals surface area contributed by atoms with Crippen LogP contribution in [0.3, 0.4) is 0 Å². The molecule has 0 radical (unpaired) electrons. The number of hydrogen-bond donors (Lipinski definition) is 1. The van der Waals surface area contributed by atoms with Gasteiger partial charge in [0.2, 0.25) is 5.91 Å². The van der Waals surface area contributed by atoms with Crippen LogP contribution in [0.1, 0.15) is 11.3 Å². The average Bonchev–Trinajstić information content (AvgIpc) is 2.69. The lowest BCUT2D eigenvalue weighted by atomic mass is 10.1. The first-order valence-electron chi connectivity index (χ1n) is 5.22. The van der Waals surface area contributed by atoms with Crippen LogP contribution in [-0.4, -0.2) is 11.1 Å². The van der Waals surface area contributed by atoms with Gasteiger partial charge in [-0.25, -0.2) is 0 Å². The predicted molar refractivity (Wildman–Crippen MR) is 70.0 cm³/mol. The van der Waals surface area contributed by atoms with Gasteiger partial charge in [-0.2, -0.15) is 0 Å². The molecule has 94 valence electrons. The second-order valence-electron chi connectivity index (χ2n) is 3.75. The molecule has 2 rings (SSSR count). The van der Waals surface area contributed by atoms with E-state index in [0.717, 1.165) is 0 Å². The molecule has 0 spiro atoms. The van der Waals surface area contributed by atoms with Crippen LogP contribution >= 0.6 is 23.2 Å². The van der Waals surface area contributed by atoms with Crippen LogP contribution in [0.4, 0.5) is 5.82 Å². The summed E-state index contributed by atoms with van der Waals surface area (Å²) in [6.45, 7) is 1.74. The highest BCUT2D eigenvalue weighted by Gasteiger charge is 2.12. The van der Waals surface area contributed by atoms with Crippen molar-refractivity contribution in [3.63, 3.8) is 0 Å². The van der Waals surface area contributed by atoms with Crippen molar-refractivity contribution in [2.45, 2.75) is 13.3 Å². The molecule has 0 unspecified atom stereocenters. The van der Waals surface area contributed by atoms with Gasteiger partial charge in [-0.15, -0.1) is 0 Å². The van der Waals surface area contributed by atoms with Crippen molar-refractivity contribution in [1.29, 1.82) is 0 Å². The van der Waals surface area contributed by atoms with Crippen molar-refractivity contribution in [3.8, 4) is 0 Å². The van der Waals surface area contributed by atoms with E-state index in [2.05, 4.69) is 10.5 Å². The Balaban J connectivity index is 2.08. The lowest BCUT2D eigenvalue weighted by Crippen LogP contribution is -2.15. The van der Waals surface area contributed by atoms with Crippen molar-refractivity contribution >= 4 is 34.9 Å². The molecule has 18 heavy (non-hydrogen) atoms. The SMILES string of the molecule is Cc1cc(NC(=O)Cc2c(Cl)cccc2Cl)no1. The van der Waals surface area contributed by atoms with Crippen LogP contribution in [0.15, 0.2) is 28.8 Å². The molecule has 6 heteroatoms. The zero-order valence-corrected chi connectivity index (χ0v) is 11.0. The number of nitrogens with one attached hydrogen (secondary N) is 1. The number of rotatable bonds is 3. The normalized spacial score (nSPS) is 10.4. The lowest BCUT2D eigenvalue weighted by Gasteiger charge is -2.06. The molecule has 1 aromatic heterocycles. The van der Waals surface area contributed by atoms with Crippen LogP contribution in [0.2, 0.25) is 10.0 Å². The van der Waals surface area contributed by atoms with E-state index >= 15 is 0 Å². The molecule has 1 aromatic carbocycles. The molecular weight excluding hydrogens is 275 g/mol. The number of nitrogens with zero attached hydrogens (tertiary/aromatic N) is 1. The standard InChI is InChI=1S/C12H10Cl2N2O2/c1-7-5-11(16-18-7)15-12(17)6-8-9(13)3-2-4-10(8)14/h2-5H,6H2,1H3,(H,15,16,17). The molecule has 0 bridgehead atoms. The van der Waals surface area contributed by atoms with E-state index in [1.807, 2.05) is 0 Å². The van der Waals surface area contributed by atoms with Crippen molar-refractivity contribution in [2.24, 2.45) is 0 Å². The Hall–Kier alpha value is -1.52. The summed E-state index contributed by atoms with van der Waals surface area (Å²) in [6.07, 6.45) is 0.0877. The van der Waals surface area contributed by atoms with Crippen LogP contribution in [0.5, 0.6) is 0 Å². The maximum atomic E-state index is 11.8. The summed E-state index contributed by atoms with van der Waals surface area (Å²) in [5, 5.41) is 7.21. The molecule has 0 aliphatic heterocycles. The number of halogens is 2. The van der Waals surface area contributed by atoms with Gasteiger partial charge < -0.3 is 9.84 Å². The molecule has 0 aliphatic carbocycles. The molecule has 0 fully saturated rings. The summed E-state index contributed by atoms with van der Waals surface area (Å²) >= 11 is 12.0. The third-order valence-corrected chi connectivity index (χ3v) is 3.00. The van der Waals surface area contributed by atoms with E-state index < -0.39 is 0 Å². The third-order valence-electron chi connectivity index (χ3n) is 2.29. The van der Waals surface area contributed by atoms with Gasteiger partial charge >= 0.3 is 0 Å². The van der Waals surface area contributed by atoms with Gasteiger partial charge in [0.25, 0.3) is 0 Å². The average molecular weight is 285 g/mol. The Morgan fingerprint density at radius 3 is 2.61 bits per heavy atom.